The first-order chi connectivity index (χ1) is 13.2. The molecule has 7 nitrogen and oxygen atoms in total. The Balaban J connectivity index is 1.73. The maximum atomic E-state index is 12.8. The van der Waals surface area contributed by atoms with Crippen molar-refractivity contribution in [1.82, 2.24) is 14.7 Å². The van der Waals surface area contributed by atoms with Gasteiger partial charge in [0.2, 0.25) is 10.0 Å². The van der Waals surface area contributed by atoms with E-state index in [1.54, 1.807) is 26.2 Å². The van der Waals surface area contributed by atoms with Crippen molar-refractivity contribution < 1.29 is 13.2 Å². The molecule has 0 saturated carbocycles. The van der Waals surface area contributed by atoms with Crippen molar-refractivity contribution in [1.29, 1.82) is 0 Å². The lowest BCUT2D eigenvalue weighted by atomic mass is 10.1. The number of hydrogen-bond donors (Lipinski definition) is 1. The Bertz CT molecular complexity index is 1090. The lowest BCUT2D eigenvalue weighted by Crippen LogP contribution is -2.27. The van der Waals surface area contributed by atoms with Crippen LogP contribution >= 0.6 is 0 Å². The van der Waals surface area contributed by atoms with Gasteiger partial charge in [0.05, 0.1) is 17.6 Å². The minimum Gasteiger partial charge on any atom is -0.337 e. The minimum absolute atomic E-state index is 0.0782. The summed E-state index contributed by atoms with van der Waals surface area (Å²) in [4.78, 5) is 14.3. The second-order valence-corrected chi connectivity index (χ2v) is 8.28. The summed E-state index contributed by atoms with van der Waals surface area (Å²) >= 11 is 0. The van der Waals surface area contributed by atoms with E-state index in [1.807, 2.05) is 41.2 Å². The van der Waals surface area contributed by atoms with Crippen LogP contribution in [0.25, 0.3) is 0 Å². The quantitative estimate of drug-likeness (QED) is 0.688. The molecule has 0 radical (unpaired) electrons. The monoisotopic (exact) mass is 398 g/mol. The van der Waals surface area contributed by atoms with Gasteiger partial charge < -0.3 is 4.90 Å². The Labute approximate surface area is 164 Å². The third-order valence-electron chi connectivity index (χ3n) is 4.41. The summed E-state index contributed by atoms with van der Waals surface area (Å²) in [6, 6.07) is 14.3. The summed E-state index contributed by atoms with van der Waals surface area (Å²) < 4.78 is 25.0. The van der Waals surface area contributed by atoms with Crippen molar-refractivity contribution >= 4 is 15.9 Å². The number of rotatable bonds is 6. The second kappa shape index (κ2) is 7.95. The Morgan fingerprint density at radius 1 is 1.14 bits per heavy atom. The molecule has 1 aromatic heterocycles. The lowest BCUT2D eigenvalue weighted by Gasteiger charge is -2.18. The number of aryl methyl sites for hydroxylation is 1. The highest BCUT2D eigenvalue weighted by Crippen LogP contribution is 2.17. The van der Waals surface area contributed by atoms with E-state index in [-0.39, 0.29) is 10.8 Å². The Hall–Kier alpha value is -2.97. The SMILES string of the molecule is Cc1ccc(S(N)(=O)=O)cc1C(=O)N(C)Cc1cnn(Cc2ccccc2)c1. The van der Waals surface area contributed by atoms with Crippen molar-refractivity contribution in [3.8, 4) is 0 Å². The van der Waals surface area contributed by atoms with Crippen molar-refractivity contribution in [2.75, 3.05) is 7.05 Å². The number of carbonyl (C=O) groups excluding carboxylic acids is 1. The van der Waals surface area contributed by atoms with Crippen molar-refractivity contribution in [2.45, 2.75) is 24.9 Å². The molecule has 1 heterocycles. The van der Waals surface area contributed by atoms with Gasteiger partial charge in [-0.2, -0.15) is 5.10 Å². The normalized spacial score (nSPS) is 11.4. The fourth-order valence-corrected chi connectivity index (χ4v) is 3.44. The van der Waals surface area contributed by atoms with E-state index in [4.69, 9.17) is 5.14 Å². The topological polar surface area (TPSA) is 98.3 Å². The van der Waals surface area contributed by atoms with Gasteiger partial charge in [0.25, 0.3) is 5.91 Å². The van der Waals surface area contributed by atoms with Crippen LogP contribution < -0.4 is 5.14 Å². The second-order valence-electron chi connectivity index (χ2n) is 6.71. The molecule has 0 aliphatic heterocycles. The van der Waals surface area contributed by atoms with Gasteiger partial charge in [0.1, 0.15) is 0 Å². The summed E-state index contributed by atoms with van der Waals surface area (Å²) in [5.41, 5.74) is 3.01. The van der Waals surface area contributed by atoms with Gasteiger partial charge in [-0.05, 0) is 30.2 Å². The summed E-state index contributed by atoms with van der Waals surface area (Å²) in [5.74, 6) is -0.279. The van der Waals surface area contributed by atoms with Crippen molar-refractivity contribution in [3.05, 3.63) is 83.2 Å². The maximum Gasteiger partial charge on any atom is 0.254 e. The predicted molar refractivity (Wildman–Crippen MR) is 106 cm³/mol. The van der Waals surface area contributed by atoms with Crippen LogP contribution in [0, 0.1) is 6.92 Å². The highest BCUT2D eigenvalue weighted by atomic mass is 32.2. The zero-order valence-electron chi connectivity index (χ0n) is 15.7. The standard InChI is InChI=1S/C20H22N4O3S/c1-15-8-9-18(28(21,26)27)10-19(15)20(25)23(2)12-17-11-22-24(14-17)13-16-6-4-3-5-7-16/h3-11,14H,12-13H2,1-2H3,(H2,21,26,27). The average Bonchev–Trinajstić information content (AvgIpc) is 3.08. The van der Waals surface area contributed by atoms with E-state index >= 15 is 0 Å². The molecule has 8 heteroatoms. The van der Waals surface area contributed by atoms with Gasteiger partial charge in [-0.15, -0.1) is 0 Å². The molecule has 0 aliphatic carbocycles. The third-order valence-corrected chi connectivity index (χ3v) is 5.32. The van der Waals surface area contributed by atoms with E-state index in [1.165, 1.54) is 17.0 Å². The number of sulfonamides is 1. The van der Waals surface area contributed by atoms with E-state index < -0.39 is 10.0 Å². The molecule has 2 N–H and O–H groups in total. The smallest absolute Gasteiger partial charge is 0.254 e. The molecule has 0 unspecified atom stereocenters. The maximum absolute atomic E-state index is 12.8. The van der Waals surface area contributed by atoms with Gasteiger partial charge in [0, 0.05) is 30.9 Å². The van der Waals surface area contributed by atoms with E-state index in [0.717, 1.165) is 11.1 Å². The Morgan fingerprint density at radius 2 is 1.86 bits per heavy atom. The van der Waals surface area contributed by atoms with E-state index in [9.17, 15) is 13.2 Å². The molecule has 146 valence electrons. The third kappa shape index (κ3) is 4.65. The molecule has 0 fully saturated rings. The van der Waals surface area contributed by atoms with Crippen LogP contribution in [0.4, 0.5) is 0 Å². The molecule has 0 atom stereocenters. The molecule has 28 heavy (non-hydrogen) atoms. The van der Waals surface area contributed by atoms with Crippen LogP contribution in [0.15, 0.2) is 65.8 Å². The molecule has 1 amide bonds. The van der Waals surface area contributed by atoms with Crippen LogP contribution in [0.2, 0.25) is 0 Å². The molecule has 0 spiro atoms. The molecule has 0 aliphatic rings. The van der Waals surface area contributed by atoms with Crippen LogP contribution in [-0.4, -0.2) is 36.1 Å². The largest absolute Gasteiger partial charge is 0.337 e. The van der Waals surface area contributed by atoms with Crippen molar-refractivity contribution in [2.24, 2.45) is 5.14 Å². The van der Waals surface area contributed by atoms with Gasteiger partial charge in [-0.3, -0.25) is 9.48 Å². The first kappa shape index (κ1) is 19.8. The number of nitrogens with two attached hydrogens (primary N) is 1. The fraction of sp³-hybridized carbons (Fsp3) is 0.200. The fourth-order valence-electron chi connectivity index (χ4n) is 2.90. The zero-order valence-corrected chi connectivity index (χ0v) is 16.6. The number of amides is 1. The summed E-state index contributed by atoms with van der Waals surface area (Å²) in [5, 5.41) is 9.52. The first-order valence-corrected chi connectivity index (χ1v) is 10.2. The molecular weight excluding hydrogens is 376 g/mol. The number of carbonyl (C=O) groups is 1. The molecule has 0 bridgehead atoms. The Kier molecular flexibility index (Phi) is 5.62. The molecule has 3 rings (SSSR count). The highest BCUT2D eigenvalue weighted by Gasteiger charge is 2.18. The predicted octanol–water partition coefficient (Wildman–Crippen LogP) is 2.16. The molecule has 2 aromatic carbocycles. The molecular formula is C20H22N4O3S. The van der Waals surface area contributed by atoms with Crippen LogP contribution in [0.3, 0.4) is 0 Å². The number of nitrogens with zero attached hydrogens (tertiary/aromatic N) is 3. The number of primary sulfonamides is 1. The Morgan fingerprint density at radius 3 is 2.54 bits per heavy atom. The van der Waals surface area contributed by atoms with Crippen LogP contribution in [-0.2, 0) is 23.1 Å². The molecule has 0 saturated heterocycles. The number of aromatic nitrogens is 2. The van der Waals surface area contributed by atoms with Crippen molar-refractivity contribution in [3.63, 3.8) is 0 Å². The number of hydrogen-bond acceptors (Lipinski definition) is 4. The summed E-state index contributed by atoms with van der Waals surface area (Å²) in [6.45, 7) is 2.76. The van der Waals surface area contributed by atoms with Gasteiger partial charge in [0.15, 0.2) is 0 Å². The van der Waals surface area contributed by atoms with Gasteiger partial charge >= 0.3 is 0 Å². The lowest BCUT2D eigenvalue weighted by molar-refractivity contribution is 0.0784. The zero-order chi connectivity index (χ0) is 20.3. The van der Waals surface area contributed by atoms with Crippen LogP contribution in [0.1, 0.15) is 27.0 Å². The minimum atomic E-state index is -3.87. The average molecular weight is 398 g/mol. The molecule has 3 aromatic rings. The van der Waals surface area contributed by atoms with E-state index in [0.29, 0.717) is 24.2 Å². The van der Waals surface area contributed by atoms with Crippen LogP contribution in [0.5, 0.6) is 0 Å². The first-order valence-electron chi connectivity index (χ1n) is 8.68. The van der Waals surface area contributed by atoms with Gasteiger partial charge in [-0.1, -0.05) is 36.4 Å². The highest BCUT2D eigenvalue weighted by molar-refractivity contribution is 7.89. The van der Waals surface area contributed by atoms with Gasteiger partial charge in [-0.25, -0.2) is 13.6 Å². The summed E-state index contributed by atoms with van der Waals surface area (Å²) in [6.07, 6.45) is 3.62. The summed E-state index contributed by atoms with van der Waals surface area (Å²) in [7, 11) is -2.20. The van der Waals surface area contributed by atoms with E-state index in [2.05, 4.69) is 5.10 Å². The number of benzene rings is 2.